The minimum atomic E-state index is -0.142. The van der Waals surface area contributed by atoms with Gasteiger partial charge >= 0.3 is 0 Å². The summed E-state index contributed by atoms with van der Waals surface area (Å²) in [6.45, 7) is 1.89. The van der Waals surface area contributed by atoms with E-state index in [1.807, 2.05) is 6.92 Å². The molecule has 0 amide bonds. The zero-order valence-corrected chi connectivity index (χ0v) is 10.9. The predicted molar refractivity (Wildman–Crippen MR) is 65.7 cm³/mol. The summed E-state index contributed by atoms with van der Waals surface area (Å²) < 4.78 is 0. The van der Waals surface area contributed by atoms with Crippen molar-refractivity contribution in [2.45, 2.75) is 19.8 Å². The molecule has 1 aromatic rings. The van der Waals surface area contributed by atoms with Gasteiger partial charge in [-0.15, -0.1) is 0 Å². The Kier molecular flexibility index (Phi) is 4.72. The van der Waals surface area contributed by atoms with Crippen molar-refractivity contribution in [1.29, 1.82) is 0 Å². The molecule has 0 fully saturated rings. The van der Waals surface area contributed by atoms with Crippen LogP contribution >= 0.6 is 46.4 Å². The summed E-state index contributed by atoms with van der Waals surface area (Å²) in [5.74, 6) is -0.142. The lowest BCUT2D eigenvalue weighted by molar-refractivity contribution is 0.0982. The molecule has 0 aliphatic carbocycles. The van der Waals surface area contributed by atoms with Gasteiger partial charge in [0.05, 0.1) is 25.7 Å². The van der Waals surface area contributed by atoms with Crippen molar-refractivity contribution in [3.63, 3.8) is 0 Å². The molecule has 82 valence electrons. The molecule has 0 aromatic heterocycles. The van der Waals surface area contributed by atoms with Crippen molar-refractivity contribution >= 4 is 52.2 Å². The molecule has 0 N–H and O–H groups in total. The minimum absolute atomic E-state index is 0.142. The number of hydrogen-bond acceptors (Lipinski definition) is 1. The van der Waals surface area contributed by atoms with E-state index in [1.165, 1.54) is 6.07 Å². The summed E-state index contributed by atoms with van der Waals surface area (Å²) in [5, 5.41) is 0.824. The highest BCUT2D eigenvalue weighted by molar-refractivity contribution is 6.50. The highest BCUT2D eigenvalue weighted by atomic mass is 35.5. The molecule has 1 nitrogen and oxygen atoms in total. The van der Waals surface area contributed by atoms with E-state index < -0.39 is 0 Å². The van der Waals surface area contributed by atoms with Crippen LogP contribution in [-0.4, -0.2) is 5.78 Å². The standard InChI is InChI=1S/C10H8Cl4O/c1-2-3-7(15)8-9(13)5(11)4-6(12)10(8)14/h4H,2-3H2,1H3. The fraction of sp³-hybridized carbons (Fsp3) is 0.300. The second-order valence-corrected chi connectivity index (χ2v) is 4.59. The molecule has 0 heterocycles. The molecule has 0 unspecified atom stereocenters. The Bertz CT molecular complexity index is 375. The summed E-state index contributed by atoms with van der Waals surface area (Å²) in [6, 6.07) is 1.43. The quantitative estimate of drug-likeness (QED) is 0.545. The fourth-order valence-electron chi connectivity index (χ4n) is 1.17. The number of carbonyl (C=O) groups excluding carboxylic acids is 1. The van der Waals surface area contributed by atoms with Gasteiger partial charge in [-0.2, -0.15) is 0 Å². The lowest BCUT2D eigenvalue weighted by atomic mass is 10.1. The largest absolute Gasteiger partial charge is 0.294 e. The van der Waals surface area contributed by atoms with E-state index in [1.54, 1.807) is 0 Å². The van der Waals surface area contributed by atoms with Gasteiger partial charge in [-0.25, -0.2) is 0 Å². The second kappa shape index (κ2) is 5.40. The van der Waals surface area contributed by atoms with Gasteiger partial charge in [0.15, 0.2) is 5.78 Å². The number of benzene rings is 1. The van der Waals surface area contributed by atoms with Crippen molar-refractivity contribution in [2.24, 2.45) is 0 Å². The Labute approximate surface area is 108 Å². The maximum atomic E-state index is 11.7. The van der Waals surface area contributed by atoms with Crippen molar-refractivity contribution < 1.29 is 4.79 Å². The summed E-state index contributed by atoms with van der Waals surface area (Å²) in [6.07, 6.45) is 1.09. The SMILES string of the molecule is CCCC(=O)c1c(Cl)c(Cl)cc(Cl)c1Cl. The first kappa shape index (κ1) is 13.1. The van der Waals surface area contributed by atoms with E-state index in [4.69, 9.17) is 46.4 Å². The Morgan fingerprint density at radius 2 is 1.60 bits per heavy atom. The molecule has 5 heteroatoms. The number of carbonyl (C=O) groups is 1. The van der Waals surface area contributed by atoms with Crippen molar-refractivity contribution in [1.82, 2.24) is 0 Å². The Hall–Kier alpha value is 0.0500. The average Bonchev–Trinajstić information content (AvgIpc) is 2.16. The molecule has 15 heavy (non-hydrogen) atoms. The highest BCUT2D eigenvalue weighted by Gasteiger charge is 2.19. The van der Waals surface area contributed by atoms with Crippen LogP contribution in [0.15, 0.2) is 6.07 Å². The van der Waals surface area contributed by atoms with E-state index in [0.29, 0.717) is 6.42 Å². The van der Waals surface area contributed by atoms with Crippen LogP contribution in [0.1, 0.15) is 30.1 Å². The van der Waals surface area contributed by atoms with Crippen molar-refractivity contribution in [3.05, 3.63) is 31.7 Å². The zero-order valence-electron chi connectivity index (χ0n) is 7.91. The summed E-state index contributed by atoms with van der Waals surface area (Å²) in [7, 11) is 0. The van der Waals surface area contributed by atoms with Crippen LogP contribution < -0.4 is 0 Å². The second-order valence-electron chi connectivity index (χ2n) is 3.02. The number of halogens is 4. The van der Waals surface area contributed by atoms with Crippen molar-refractivity contribution in [3.8, 4) is 0 Å². The highest BCUT2D eigenvalue weighted by Crippen LogP contribution is 2.37. The first-order chi connectivity index (χ1) is 6.99. The Morgan fingerprint density at radius 3 is 2.00 bits per heavy atom. The van der Waals surface area contributed by atoms with Gasteiger partial charge < -0.3 is 0 Å². The van der Waals surface area contributed by atoms with Gasteiger partial charge in [-0.05, 0) is 12.5 Å². The molecule has 1 rings (SSSR count). The van der Waals surface area contributed by atoms with Crippen LogP contribution in [0.2, 0.25) is 20.1 Å². The first-order valence-corrected chi connectivity index (χ1v) is 5.86. The molecule has 0 bridgehead atoms. The molecule has 0 saturated carbocycles. The van der Waals surface area contributed by atoms with E-state index in [0.717, 1.165) is 6.42 Å². The summed E-state index contributed by atoms with van der Waals surface area (Å²) in [4.78, 5) is 11.7. The number of ketones is 1. The maximum Gasteiger partial charge on any atom is 0.165 e. The van der Waals surface area contributed by atoms with Gasteiger partial charge in [0.2, 0.25) is 0 Å². The van der Waals surface area contributed by atoms with Crippen LogP contribution in [-0.2, 0) is 0 Å². The molecule has 0 aliphatic rings. The molecule has 0 atom stereocenters. The van der Waals surface area contributed by atoms with Gasteiger partial charge in [0.1, 0.15) is 0 Å². The van der Waals surface area contributed by atoms with Gasteiger partial charge in [-0.1, -0.05) is 53.3 Å². The lowest BCUT2D eigenvalue weighted by Crippen LogP contribution is -2.01. The molecular weight excluding hydrogens is 278 g/mol. The van der Waals surface area contributed by atoms with Gasteiger partial charge in [0.25, 0.3) is 0 Å². The van der Waals surface area contributed by atoms with E-state index in [9.17, 15) is 4.79 Å². The Morgan fingerprint density at radius 1 is 1.13 bits per heavy atom. The Balaban J connectivity index is 3.32. The van der Waals surface area contributed by atoms with Gasteiger partial charge in [0, 0.05) is 6.42 Å². The van der Waals surface area contributed by atoms with Crippen molar-refractivity contribution in [2.75, 3.05) is 0 Å². The molecule has 0 spiro atoms. The summed E-state index contributed by atoms with van der Waals surface area (Å²) in [5.41, 5.74) is 0.220. The smallest absolute Gasteiger partial charge is 0.165 e. The van der Waals surface area contributed by atoms with Gasteiger partial charge in [-0.3, -0.25) is 4.79 Å². The monoisotopic (exact) mass is 284 g/mol. The molecule has 0 aliphatic heterocycles. The van der Waals surface area contributed by atoms with E-state index in [-0.39, 0.29) is 31.4 Å². The zero-order chi connectivity index (χ0) is 11.6. The summed E-state index contributed by atoms with van der Waals surface area (Å²) >= 11 is 23.4. The lowest BCUT2D eigenvalue weighted by Gasteiger charge is -2.08. The van der Waals surface area contributed by atoms with Crippen LogP contribution in [0.4, 0.5) is 0 Å². The maximum absolute atomic E-state index is 11.7. The number of hydrogen-bond donors (Lipinski definition) is 0. The number of rotatable bonds is 3. The van der Waals surface area contributed by atoms with Crippen LogP contribution in [0, 0.1) is 0 Å². The van der Waals surface area contributed by atoms with E-state index in [2.05, 4.69) is 0 Å². The topological polar surface area (TPSA) is 17.1 Å². The number of Topliss-reactive ketones (excluding diaryl/α,β-unsaturated/α-hetero) is 1. The minimum Gasteiger partial charge on any atom is -0.294 e. The fourth-order valence-corrected chi connectivity index (χ4v) is 2.19. The van der Waals surface area contributed by atoms with E-state index >= 15 is 0 Å². The van der Waals surface area contributed by atoms with Crippen LogP contribution in [0.3, 0.4) is 0 Å². The molecule has 0 radical (unpaired) electrons. The van der Waals surface area contributed by atoms with Crippen LogP contribution in [0.25, 0.3) is 0 Å². The normalized spacial score (nSPS) is 10.5. The third-order valence-corrected chi connectivity index (χ3v) is 3.44. The molecule has 0 saturated heterocycles. The third kappa shape index (κ3) is 2.79. The third-order valence-electron chi connectivity index (χ3n) is 1.87. The average molecular weight is 286 g/mol. The molecule has 1 aromatic carbocycles. The molecular formula is C10H8Cl4O. The predicted octanol–water partition coefficient (Wildman–Crippen LogP) is 5.28. The first-order valence-electron chi connectivity index (χ1n) is 4.35. The van der Waals surface area contributed by atoms with Crippen LogP contribution in [0.5, 0.6) is 0 Å².